The molecule has 0 saturated carbocycles. The van der Waals surface area contributed by atoms with E-state index in [4.69, 9.17) is 5.73 Å². The van der Waals surface area contributed by atoms with Crippen molar-refractivity contribution in [1.82, 2.24) is 0 Å². The van der Waals surface area contributed by atoms with Gasteiger partial charge in [-0.1, -0.05) is 0 Å². The molecule has 0 amide bonds. The minimum Gasteiger partial charge on any atom is -0.399 e. The van der Waals surface area contributed by atoms with Crippen molar-refractivity contribution < 1.29 is 8.42 Å². The van der Waals surface area contributed by atoms with Gasteiger partial charge in [-0.25, -0.2) is 8.42 Å². The Balaban J connectivity index is 2.36. The highest BCUT2D eigenvalue weighted by atomic mass is 79.9. The quantitative estimate of drug-likeness (QED) is 0.757. The molecule has 0 radical (unpaired) electrons. The highest BCUT2D eigenvalue weighted by Crippen LogP contribution is 2.30. The standard InChI is InChI=1S/C10H8Br2N2O2S2/c11-7-2-1-6(13)5-8(7)14-18(15,16)10-4-3-9(12)17-10/h1-5,14H,13H2. The lowest BCUT2D eigenvalue weighted by molar-refractivity contribution is 0.603. The molecule has 4 nitrogen and oxygen atoms in total. The van der Waals surface area contributed by atoms with Crippen LogP contribution >= 0.6 is 43.2 Å². The van der Waals surface area contributed by atoms with Gasteiger partial charge in [-0.05, 0) is 62.2 Å². The summed E-state index contributed by atoms with van der Waals surface area (Å²) >= 11 is 7.65. The van der Waals surface area contributed by atoms with Gasteiger partial charge in [0.05, 0.1) is 9.47 Å². The molecule has 1 aromatic heterocycles. The summed E-state index contributed by atoms with van der Waals surface area (Å²) in [4.78, 5) is 0. The zero-order valence-electron chi connectivity index (χ0n) is 8.85. The second-order valence-electron chi connectivity index (χ2n) is 3.40. The van der Waals surface area contributed by atoms with Crippen LogP contribution in [0.15, 0.2) is 42.8 Å². The van der Waals surface area contributed by atoms with E-state index in [1.807, 2.05) is 0 Å². The summed E-state index contributed by atoms with van der Waals surface area (Å²) in [6, 6.07) is 8.16. The van der Waals surface area contributed by atoms with Crippen LogP contribution in [-0.2, 0) is 10.0 Å². The lowest BCUT2D eigenvalue weighted by atomic mass is 10.3. The number of nitrogens with two attached hydrogens (primary N) is 1. The Morgan fingerprint density at radius 3 is 2.50 bits per heavy atom. The number of anilines is 2. The van der Waals surface area contributed by atoms with E-state index in [2.05, 4.69) is 36.6 Å². The van der Waals surface area contributed by atoms with Gasteiger partial charge in [0.2, 0.25) is 0 Å². The number of rotatable bonds is 3. The number of halogens is 2. The first kappa shape index (κ1) is 13.9. The Morgan fingerprint density at radius 1 is 1.17 bits per heavy atom. The summed E-state index contributed by atoms with van der Waals surface area (Å²) in [5, 5.41) is 0. The molecule has 18 heavy (non-hydrogen) atoms. The van der Waals surface area contributed by atoms with Crippen LogP contribution in [0.2, 0.25) is 0 Å². The molecule has 3 N–H and O–H groups in total. The van der Waals surface area contributed by atoms with E-state index in [0.717, 1.165) is 15.1 Å². The Bertz CT molecular complexity index is 683. The van der Waals surface area contributed by atoms with E-state index in [1.54, 1.807) is 24.3 Å². The van der Waals surface area contributed by atoms with E-state index >= 15 is 0 Å². The van der Waals surface area contributed by atoms with Crippen molar-refractivity contribution in [3.8, 4) is 0 Å². The number of nitrogen functional groups attached to an aromatic ring is 1. The van der Waals surface area contributed by atoms with Gasteiger partial charge in [-0.15, -0.1) is 11.3 Å². The molecule has 0 atom stereocenters. The molecule has 0 bridgehead atoms. The molecular weight excluding hydrogens is 404 g/mol. The normalized spacial score (nSPS) is 11.4. The van der Waals surface area contributed by atoms with Crippen LogP contribution < -0.4 is 10.5 Å². The first-order valence-electron chi connectivity index (χ1n) is 4.72. The molecule has 1 aromatic carbocycles. The molecular formula is C10H8Br2N2O2S2. The third kappa shape index (κ3) is 3.05. The second kappa shape index (κ2) is 5.20. The molecule has 0 aliphatic heterocycles. The molecule has 8 heteroatoms. The predicted molar refractivity (Wildman–Crippen MR) is 81.4 cm³/mol. The summed E-state index contributed by atoms with van der Waals surface area (Å²) in [6.07, 6.45) is 0. The fourth-order valence-corrected chi connectivity index (χ4v) is 4.82. The lowest BCUT2D eigenvalue weighted by Crippen LogP contribution is -2.12. The van der Waals surface area contributed by atoms with Crippen LogP contribution in [0.1, 0.15) is 0 Å². The Kier molecular flexibility index (Phi) is 4.00. The van der Waals surface area contributed by atoms with Crippen molar-refractivity contribution in [3.05, 3.63) is 38.6 Å². The summed E-state index contributed by atoms with van der Waals surface area (Å²) < 4.78 is 28.3. The van der Waals surface area contributed by atoms with Gasteiger partial charge < -0.3 is 5.73 Å². The summed E-state index contributed by atoms with van der Waals surface area (Å²) in [5.41, 5.74) is 6.53. The van der Waals surface area contributed by atoms with Crippen molar-refractivity contribution in [3.63, 3.8) is 0 Å². The zero-order valence-corrected chi connectivity index (χ0v) is 13.7. The number of hydrogen-bond acceptors (Lipinski definition) is 4. The molecule has 0 fully saturated rings. The van der Waals surface area contributed by atoms with Gasteiger partial charge in [0.1, 0.15) is 4.21 Å². The molecule has 2 aromatic rings. The van der Waals surface area contributed by atoms with Crippen molar-refractivity contribution in [2.24, 2.45) is 0 Å². The van der Waals surface area contributed by atoms with Crippen molar-refractivity contribution in [2.75, 3.05) is 10.5 Å². The maximum atomic E-state index is 12.1. The van der Waals surface area contributed by atoms with Crippen LogP contribution in [0.4, 0.5) is 11.4 Å². The van der Waals surface area contributed by atoms with Crippen LogP contribution in [-0.4, -0.2) is 8.42 Å². The fraction of sp³-hybridized carbons (Fsp3) is 0. The Morgan fingerprint density at radius 2 is 1.89 bits per heavy atom. The van der Waals surface area contributed by atoms with Gasteiger partial charge in [-0.2, -0.15) is 0 Å². The SMILES string of the molecule is Nc1ccc(Br)c(NS(=O)(=O)c2ccc(Br)s2)c1. The highest BCUT2D eigenvalue weighted by molar-refractivity contribution is 9.11. The smallest absolute Gasteiger partial charge is 0.271 e. The van der Waals surface area contributed by atoms with Gasteiger partial charge in [0.15, 0.2) is 0 Å². The molecule has 0 aliphatic rings. The first-order valence-corrected chi connectivity index (χ1v) is 8.60. The lowest BCUT2D eigenvalue weighted by Gasteiger charge is -2.08. The number of nitrogens with one attached hydrogen (secondary N) is 1. The Labute approximate surface area is 126 Å². The molecule has 0 aliphatic carbocycles. The van der Waals surface area contributed by atoms with Crippen molar-refractivity contribution in [1.29, 1.82) is 0 Å². The maximum absolute atomic E-state index is 12.1. The van der Waals surface area contributed by atoms with Crippen molar-refractivity contribution in [2.45, 2.75) is 4.21 Å². The van der Waals surface area contributed by atoms with E-state index in [1.165, 1.54) is 6.07 Å². The first-order chi connectivity index (χ1) is 8.38. The summed E-state index contributed by atoms with van der Waals surface area (Å²) in [6.45, 7) is 0. The average Bonchev–Trinajstić information content (AvgIpc) is 2.71. The van der Waals surface area contributed by atoms with Gasteiger partial charge >= 0.3 is 0 Å². The summed E-state index contributed by atoms with van der Waals surface area (Å²) in [5.74, 6) is 0. The van der Waals surface area contributed by atoms with E-state index < -0.39 is 10.0 Å². The predicted octanol–water partition coefficient (Wildman–Crippen LogP) is 3.66. The fourth-order valence-electron chi connectivity index (χ4n) is 1.26. The molecule has 2 rings (SSSR count). The maximum Gasteiger partial charge on any atom is 0.271 e. The molecule has 1 heterocycles. The van der Waals surface area contributed by atoms with Crippen LogP contribution in [0.25, 0.3) is 0 Å². The van der Waals surface area contributed by atoms with Crippen LogP contribution in [0.5, 0.6) is 0 Å². The molecule has 0 spiro atoms. The minimum absolute atomic E-state index is 0.240. The average molecular weight is 412 g/mol. The highest BCUT2D eigenvalue weighted by Gasteiger charge is 2.17. The van der Waals surface area contributed by atoms with Crippen LogP contribution in [0.3, 0.4) is 0 Å². The van der Waals surface area contributed by atoms with Gasteiger partial charge in [0.25, 0.3) is 10.0 Å². The third-order valence-electron chi connectivity index (χ3n) is 2.05. The van der Waals surface area contributed by atoms with Gasteiger partial charge in [0, 0.05) is 10.2 Å². The molecule has 0 unspecified atom stereocenters. The van der Waals surface area contributed by atoms with Crippen molar-refractivity contribution >= 4 is 64.6 Å². The number of benzene rings is 1. The Hall–Kier alpha value is -0.570. The number of hydrogen-bond donors (Lipinski definition) is 2. The van der Waals surface area contributed by atoms with E-state index in [-0.39, 0.29) is 4.21 Å². The van der Waals surface area contributed by atoms with Crippen LogP contribution in [0, 0.1) is 0 Å². The summed E-state index contributed by atoms with van der Waals surface area (Å²) in [7, 11) is -3.58. The minimum atomic E-state index is -3.58. The second-order valence-corrected chi connectivity index (χ2v) is 8.63. The molecule has 96 valence electrons. The number of thiophene rings is 1. The third-order valence-corrected chi connectivity index (χ3v) is 6.22. The van der Waals surface area contributed by atoms with Gasteiger partial charge in [-0.3, -0.25) is 4.72 Å². The van der Waals surface area contributed by atoms with E-state index in [0.29, 0.717) is 15.8 Å². The number of sulfonamides is 1. The monoisotopic (exact) mass is 410 g/mol. The molecule has 0 saturated heterocycles. The largest absolute Gasteiger partial charge is 0.399 e. The zero-order chi connectivity index (χ0) is 13.3. The topological polar surface area (TPSA) is 72.2 Å². The van der Waals surface area contributed by atoms with E-state index in [9.17, 15) is 8.42 Å².